The molecule has 0 saturated carbocycles. The number of alkyl halides is 2. The summed E-state index contributed by atoms with van der Waals surface area (Å²) in [6.07, 6.45) is -1.38. The molecule has 32 heavy (non-hydrogen) atoms. The van der Waals surface area contributed by atoms with Crippen LogP contribution in [0.1, 0.15) is 16.8 Å². The van der Waals surface area contributed by atoms with Crippen LogP contribution >= 0.6 is 0 Å². The maximum Gasteiger partial charge on any atom is 0.345 e. The fraction of sp³-hybridized carbons (Fsp3) is 0.286. The summed E-state index contributed by atoms with van der Waals surface area (Å²) in [4.78, 5) is 36.9. The molecule has 8 nitrogen and oxygen atoms in total. The number of halogens is 3. The van der Waals surface area contributed by atoms with Gasteiger partial charge in [-0.1, -0.05) is 0 Å². The molecule has 1 saturated heterocycles. The zero-order valence-corrected chi connectivity index (χ0v) is 16.5. The predicted octanol–water partition coefficient (Wildman–Crippen LogP) is 2.64. The Morgan fingerprint density at radius 2 is 1.66 bits per heavy atom. The van der Waals surface area contributed by atoms with E-state index in [9.17, 15) is 32.7 Å². The number of benzene rings is 2. The highest BCUT2D eigenvalue weighted by atomic mass is 19.3. The van der Waals surface area contributed by atoms with Crippen molar-refractivity contribution in [3.05, 3.63) is 59.9 Å². The first-order chi connectivity index (χ1) is 15.2. The molecule has 1 unspecified atom stereocenters. The lowest BCUT2D eigenvalue weighted by Gasteiger charge is -2.21. The summed E-state index contributed by atoms with van der Waals surface area (Å²) in [6.45, 7) is -3.91. The summed E-state index contributed by atoms with van der Waals surface area (Å²) >= 11 is 0. The van der Waals surface area contributed by atoms with Crippen LogP contribution in [0.15, 0.2) is 48.5 Å². The van der Waals surface area contributed by atoms with Gasteiger partial charge in [-0.2, -0.15) is 8.78 Å². The largest absolute Gasteiger partial charge is 0.480 e. The molecule has 1 fully saturated rings. The molecular weight excluding hydrogens is 433 g/mol. The third kappa shape index (κ3) is 5.97. The van der Waals surface area contributed by atoms with Gasteiger partial charge in [-0.15, -0.1) is 0 Å². The van der Waals surface area contributed by atoms with Gasteiger partial charge in [-0.3, -0.25) is 9.59 Å². The maximum atomic E-state index is 12.9. The van der Waals surface area contributed by atoms with Gasteiger partial charge in [0.05, 0.1) is 12.6 Å². The zero-order chi connectivity index (χ0) is 23.3. The van der Waals surface area contributed by atoms with Crippen LogP contribution in [0.3, 0.4) is 0 Å². The summed E-state index contributed by atoms with van der Waals surface area (Å²) in [5.74, 6) is -2.28. The van der Waals surface area contributed by atoms with Gasteiger partial charge in [-0.25, -0.2) is 9.18 Å². The first-order valence-electron chi connectivity index (χ1n) is 9.50. The molecule has 0 aliphatic carbocycles. The Morgan fingerprint density at radius 3 is 2.22 bits per heavy atom. The number of carboxylic acids is 1. The second kappa shape index (κ2) is 10.1. The van der Waals surface area contributed by atoms with Gasteiger partial charge < -0.3 is 24.8 Å². The van der Waals surface area contributed by atoms with E-state index in [0.29, 0.717) is 11.5 Å². The average molecular weight is 452 g/mol. The quantitative estimate of drug-likeness (QED) is 0.638. The van der Waals surface area contributed by atoms with Crippen molar-refractivity contribution in [3.63, 3.8) is 0 Å². The molecule has 0 aromatic heterocycles. The van der Waals surface area contributed by atoms with E-state index >= 15 is 0 Å². The van der Waals surface area contributed by atoms with Crippen LogP contribution < -0.4 is 10.1 Å². The van der Waals surface area contributed by atoms with Crippen LogP contribution in [0, 0.1) is 5.82 Å². The molecule has 11 heteroatoms. The van der Waals surface area contributed by atoms with Crippen molar-refractivity contribution in [1.29, 1.82) is 0 Å². The Balaban J connectivity index is 1.54. The van der Waals surface area contributed by atoms with E-state index in [1.807, 2.05) is 0 Å². The lowest BCUT2D eigenvalue weighted by molar-refractivity contribution is -0.160. The van der Waals surface area contributed by atoms with Crippen LogP contribution in [0.25, 0.3) is 0 Å². The van der Waals surface area contributed by atoms with E-state index in [1.165, 1.54) is 48.5 Å². The van der Waals surface area contributed by atoms with Crippen molar-refractivity contribution in [2.45, 2.75) is 25.2 Å². The normalized spacial score (nSPS) is 17.9. The fourth-order valence-electron chi connectivity index (χ4n) is 3.22. The Morgan fingerprint density at radius 1 is 1.06 bits per heavy atom. The van der Waals surface area contributed by atoms with E-state index in [1.54, 1.807) is 0 Å². The van der Waals surface area contributed by atoms with Gasteiger partial charge in [0.1, 0.15) is 23.4 Å². The molecule has 2 N–H and O–H groups in total. The van der Waals surface area contributed by atoms with Crippen LogP contribution in [0.2, 0.25) is 0 Å². The van der Waals surface area contributed by atoms with E-state index in [0.717, 1.165) is 4.90 Å². The number of hydrogen-bond donors (Lipinski definition) is 2. The SMILES string of the molecule is O=C(NCC(=O)N1CC(OC(F)F)C[C@@H]1C(=O)O)c1ccc(Oc2ccc(F)cc2)cc1. The lowest BCUT2D eigenvalue weighted by Crippen LogP contribution is -2.45. The highest BCUT2D eigenvalue weighted by Crippen LogP contribution is 2.23. The number of amides is 2. The molecule has 2 amide bonds. The number of nitrogens with one attached hydrogen (secondary N) is 1. The molecule has 0 radical (unpaired) electrons. The number of likely N-dealkylation sites (tertiary alicyclic amines) is 1. The topological polar surface area (TPSA) is 105 Å². The van der Waals surface area contributed by atoms with Crippen LogP contribution in [-0.2, 0) is 14.3 Å². The second-order valence-corrected chi connectivity index (χ2v) is 6.92. The number of aliphatic carboxylic acids is 1. The van der Waals surface area contributed by atoms with Gasteiger partial charge in [0.2, 0.25) is 5.91 Å². The highest BCUT2D eigenvalue weighted by molar-refractivity contribution is 5.97. The Kier molecular flexibility index (Phi) is 7.31. The number of rotatable bonds is 8. The lowest BCUT2D eigenvalue weighted by atomic mass is 10.2. The smallest absolute Gasteiger partial charge is 0.345 e. The maximum absolute atomic E-state index is 12.9. The molecule has 1 heterocycles. The number of nitrogens with zero attached hydrogens (tertiary/aromatic N) is 1. The Hall–Kier alpha value is -3.60. The molecule has 2 atom stereocenters. The van der Waals surface area contributed by atoms with Crippen LogP contribution in [0.4, 0.5) is 13.2 Å². The second-order valence-electron chi connectivity index (χ2n) is 6.92. The minimum absolute atomic E-state index is 0.208. The summed E-state index contributed by atoms with van der Waals surface area (Å²) < 4.78 is 47.6. The van der Waals surface area contributed by atoms with Gasteiger partial charge in [0.25, 0.3) is 5.91 Å². The number of carbonyl (C=O) groups excluding carboxylic acids is 2. The van der Waals surface area contributed by atoms with Crippen molar-refractivity contribution in [2.24, 2.45) is 0 Å². The summed E-state index contributed by atoms with van der Waals surface area (Å²) in [5.41, 5.74) is 0.208. The first-order valence-corrected chi connectivity index (χ1v) is 9.50. The minimum atomic E-state index is -3.08. The molecule has 0 bridgehead atoms. The molecule has 1 aliphatic rings. The number of hydrogen-bond acceptors (Lipinski definition) is 5. The highest BCUT2D eigenvalue weighted by Gasteiger charge is 2.41. The predicted molar refractivity (Wildman–Crippen MR) is 104 cm³/mol. The molecule has 170 valence electrons. The standard InChI is InChI=1S/C21H19F3N2O6/c22-13-3-7-15(8-4-13)31-14-5-1-12(2-6-14)19(28)25-10-18(27)26-11-16(32-21(23)24)9-17(26)20(29)30/h1-8,16-17,21H,9-11H2,(H,25,28)(H,29,30)/t16?,17-/m1/s1. The van der Waals surface area contributed by atoms with E-state index in [-0.39, 0.29) is 18.5 Å². The number of carbonyl (C=O) groups is 3. The van der Waals surface area contributed by atoms with Crippen molar-refractivity contribution in [2.75, 3.05) is 13.1 Å². The van der Waals surface area contributed by atoms with Crippen molar-refractivity contribution in [3.8, 4) is 11.5 Å². The van der Waals surface area contributed by atoms with E-state index in [2.05, 4.69) is 10.1 Å². The van der Waals surface area contributed by atoms with Gasteiger partial charge in [0.15, 0.2) is 0 Å². The van der Waals surface area contributed by atoms with Crippen LogP contribution in [-0.4, -0.2) is 59.6 Å². The molecule has 2 aromatic carbocycles. The molecule has 3 rings (SSSR count). The zero-order valence-electron chi connectivity index (χ0n) is 16.5. The number of carboxylic acid groups (broad SMARTS) is 1. The number of ether oxygens (including phenoxy) is 2. The van der Waals surface area contributed by atoms with Gasteiger partial charge >= 0.3 is 12.6 Å². The van der Waals surface area contributed by atoms with Gasteiger partial charge in [0, 0.05) is 18.5 Å². The van der Waals surface area contributed by atoms with Crippen molar-refractivity contribution < 1.29 is 42.1 Å². The summed E-state index contributed by atoms with van der Waals surface area (Å²) in [6, 6.07) is 9.97. The molecular formula is C21H19F3N2O6. The first kappa shape index (κ1) is 23.1. The van der Waals surface area contributed by atoms with E-state index < -0.39 is 48.9 Å². The van der Waals surface area contributed by atoms with Crippen LogP contribution in [0.5, 0.6) is 11.5 Å². The molecule has 2 aromatic rings. The molecule has 1 aliphatic heterocycles. The summed E-state index contributed by atoms with van der Waals surface area (Å²) in [5, 5.41) is 11.6. The summed E-state index contributed by atoms with van der Waals surface area (Å²) in [7, 11) is 0. The third-order valence-electron chi connectivity index (χ3n) is 4.73. The Bertz CT molecular complexity index is 969. The molecule has 0 spiro atoms. The monoisotopic (exact) mass is 452 g/mol. The minimum Gasteiger partial charge on any atom is -0.480 e. The third-order valence-corrected chi connectivity index (χ3v) is 4.73. The van der Waals surface area contributed by atoms with Crippen molar-refractivity contribution >= 4 is 17.8 Å². The van der Waals surface area contributed by atoms with Gasteiger partial charge in [-0.05, 0) is 48.5 Å². The Labute approximate surface area is 180 Å². The fourth-order valence-corrected chi connectivity index (χ4v) is 3.22. The van der Waals surface area contributed by atoms with Crippen molar-refractivity contribution in [1.82, 2.24) is 10.2 Å². The average Bonchev–Trinajstić information content (AvgIpc) is 3.17. The van der Waals surface area contributed by atoms with E-state index in [4.69, 9.17) is 4.74 Å².